The van der Waals surface area contributed by atoms with Gasteiger partial charge in [0.2, 0.25) is 0 Å². The van der Waals surface area contributed by atoms with Crippen molar-refractivity contribution in [2.24, 2.45) is 0 Å². The lowest BCUT2D eigenvalue weighted by Gasteiger charge is -2.18. The van der Waals surface area contributed by atoms with E-state index in [2.05, 4.69) is 174 Å². The summed E-state index contributed by atoms with van der Waals surface area (Å²) in [6, 6.07) is 68.1. The third kappa shape index (κ3) is 4.44. The Labute approximate surface area is 300 Å². The molecule has 11 rings (SSSR count). The summed E-state index contributed by atoms with van der Waals surface area (Å²) in [5, 5.41) is 10.1. The Hall–Kier alpha value is -6.90. The zero-order valence-electron chi connectivity index (χ0n) is 28.3. The van der Waals surface area contributed by atoms with E-state index in [-0.39, 0.29) is 0 Å². The van der Waals surface area contributed by atoms with Crippen LogP contribution in [-0.4, -0.2) is 4.57 Å². The van der Waals surface area contributed by atoms with Gasteiger partial charge in [0.1, 0.15) is 11.3 Å². The van der Waals surface area contributed by atoms with E-state index in [4.69, 9.17) is 4.42 Å². The number of hydrogen-bond acceptors (Lipinski definition) is 1. The van der Waals surface area contributed by atoms with Gasteiger partial charge in [-0.15, -0.1) is 0 Å². The number of fused-ring (bicyclic) bond motifs is 2. The van der Waals surface area contributed by atoms with Gasteiger partial charge >= 0.3 is 0 Å². The molecule has 0 saturated heterocycles. The zero-order chi connectivity index (χ0) is 34.2. The topological polar surface area (TPSA) is 18.1 Å². The van der Waals surface area contributed by atoms with Crippen molar-refractivity contribution in [3.05, 3.63) is 188 Å². The van der Waals surface area contributed by atoms with Crippen LogP contribution in [0, 0.1) is 0 Å². The fourth-order valence-corrected chi connectivity index (χ4v) is 8.29. The molecule has 0 atom stereocenters. The number of benzene rings is 9. The van der Waals surface area contributed by atoms with E-state index >= 15 is 0 Å². The molecule has 0 aliphatic carbocycles. The van der Waals surface area contributed by atoms with E-state index in [9.17, 15) is 0 Å². The molecule has 2 aromatic heterocycles. The lowest BCUT2D eigenvalue weighted by Crippen LogP contribution is -1.96. The minimum Gasteiger partial charge on any atom is -0.456 e. The molecule has 0 radical (unpaired) electrons. The molecule has 0 amide bonds. The highest BCUT2D eigenvalue weighted by Gasteiger charge is 2.18. The first-order valence-corrected chi connectivity index (χ1v) is 17.8. The van der Waals surface area contributed by atoms with Crippen LogP contribution < -0.4 is 0 Å². The van der Waals surface area contributed by atoms with Gasteiger partial charge in [-0.2, -0.15) is 0 Å². The van der Waals surface area contributed by atoms with E-state index in [1.54, 1.807) is 0 Å². The highest BCUT2D eigenvalue weighted by atomic mass is 16.3. The quantitative estimate of drug-likeness (QED) is 0.168. The molecule has 0 aliphatic rings. The molecule has 0 N–H and O–H groups in total. The van der Waals surface area contributed by atoms with Crippen molar-refractivity contribution >= 4 is 54.2 Å². The summed E-state index contributed by atoms with van der Waals surface area (Å²) in [6.07, 6.45) is 0. The predicted octanol–water partition coefficient (Wildman–Crippen LogP) is 13.9. The third-order valence-electron chi connectivity index (χ3n) is 10.8. The first-order valence-electron chi connectivity index (χ1n) is 17.8. The summed E-state index contributed by atoms with van der Waals surface area (Å²) in [5.41, 5.74) is 11.5. The Kier molecular flexibility index (Phi) is 6.28. The molecule has 0 aliphatic heterocycles. The molecular weight excluding hydrogens is 631 g/mol. The van der Waals surface area contributed by atoms with E-state index < -0.39 is 0 Å². The summed E-state index contributed by atoms with van der Waals surface area (Å²) in [5.74, 6) is 0.884. The molecule has 0 bridgehead atoms. The van der Waals surface area contributed by atoms with Gasteiger partial charge < -0.3 is 8.98 Å². The first-order chi connectivity index (χ1) is 25.8. The van der Waals surface area contributed by atoms with Crippen LogP contribution in [0.3, 0.4) is 0 Å². The lowest BCUT2D eigenvalue weighted by atomic mass is 9.85. The van der Waals surface area contributed by atoms with Crippen LogP contribution in [0.15, 0.2) is 192 Å². The molecule has 2 heterocycles. The molecule has 52 heavy (non-hydrogen) atoms. The van der Waals surface area contributed by atoms with Gasteiger partial charge in [-0.25, -0.2) is 0 Å². The van der Waals surface area contributed by atoms with Crippen LogP contribution in [-0.2, 0) is 0 Å². The highest BCUT2D eigenvalue weighted by molar-refractivity contribution is 6.28. The standard InChI is InChI=1S/C50H31NO/c1-2-13-40(14-3-1)51-45-15-6-4-9-38(45)29-46(51)34-21-17-32(18-22-34)43-31-44(42-28-26-37-12-8-11-36-25-27-41(43)50(42)49(36)37)33-19-23-35(24-20-33)48-30-39-10-5-7-16-47(39)52-48/h1-31H. The second-order valence-corrected chi connectivity index (χ2v) is 13.7. The largest absolute Gasteiger partial charge is 0.456 e. The summed E-state index contributed by atoms with van der Waals surface area (Å²) >= 11 is 0. The lowest BCUT2D eigenvalue weighted by molar-refractivity contribution is 0.631. The molecular formula is C50H31NO. The van der Waals surface area contributed by atoms with Crippen molar-refractivity contribution in [1.82, 2.24) is 4.57 Å². The van der Waals surface area contributed by atoms with Gasteiger partial charge in [0.15, 0.2) is 0 Å². The van der Waals surface area contributed by atoms with Crippen molar-refractivity contribution in [3.8, 4) is 50.5 Å². The molecule has 0 spiro atoms. The van der Waals surface area contributed by atoms with Crippen molar-refractivity contribution in [2.75, 3.05) is 0 Å². The zero-order valence-corrected chi connectivity index (χ0v) is 28.3. The van der Waals surface area contributed by atoms with Gasteiger partial charge in [-0.1, -0.05) is 146 Å². The van der Waals surface area contributed by atoms with Gasteiger partial charge in [-0.3, -0.25) is 0 Å². The fourth-order valence-electron chi connectivity index (χ4n) is 8.29. The maximum Gasteiger partial charge on any atom is 0.135 e. The van der Waals surface area contributed by atoms with Crippen molar-refractivity contribution in [3.63, 3.8) is 0 Å². The molecule has 2 heteroatoms. The number of rotatable bonds is 5. The molecule has 0 saturated carbocycles. The normalized spacial score (nSPS) is 11.8. The SMILES string of the molecule is c1ccc(-n2c(-c3ccc(-c4cc(-c5ccc(-c6cc7ccccc7o6)cc5)c5ccc6cccc7ccc4c5c67)cc3)cc3ccccc32)cc1. The number of furan rings is 1. The summed E-state index contributed by atoms with van der Waals surface area (Å²) < 4.78 is 8.58. The average molecular weight is 662 g/mol. The smallest absolute Gasteiger partial charge is 0.135 e. The number of aromatic nitrogens is 1. The third-order valence-corrected chi connectivity index (χ3v) is 10.8. The van der Waals surface area contributed by atoms with E-state index in [0.717, 1.165) is 28.0 Å². The second kappa shape index (κ2) is 11.3. The number of nitrogens with zero attached hydrogens (tertiary/aromatic N) is 1. The summed E-state index contributed by atoms with van der Waals surface area (Å²) in [7, 11) is 0. The predicted molar refractivity (Wildman–Crippen MR) is 218 cm³/mol. The van der Waals surface area contributed by atoms with Gasteiger partial charge in [0.25, 0.3) is 0 Å². The minimum absolute atomic E-state index is 0.884. The van der Waals surface area contributed by atoms with Gasteiger partial charge in [-0.05, 0) is 103 Å². The Morgan fingerprint density at radius 1 is 0.365 bits per heavy atom. The monoisotopic (exact) mass is 661 g/mol. The van der Waals surface area contributed by atoms with Gasteiger partial charge in [0, 0.05) is 22.0 Å². The molecule has 11 aromatic rings. The van der Waals surface area contributed by atoms with Crippen molar-refractivity contribution in [2.45, 2.75) is 0 Å². The van der Waals surface area contributed by atoms with E-state index in [0.29, 0.717) is 0 Å². The summed E-state index contributed by atoms with van der Waals surface area (Å²) in [4.78, 5) is 0. The highest BCUT2D eigenvalue weighted by Crippen LogP contribution is 2.45. The van der Waals surface area contributed by atoms with Crippen LogP contribution >= 0.6 is 0 Å². The first kappa shape index (κ1) is 28.9. The minimum atomic E-state index is 0.884. The average Bonchev–Trinajstić information content (AvgIpc) is 3.83. The van der Waals surface area contributed by atoms with Crippen molar-refractivity contribution in [1.29, 1.82) is 0 Å². The second-order valence-electron chi connectivity index (χ2n) is 13.7. The Balaban J connectivity index is 1.08. The Morgan fingerprint density at radius 2 is 0.942 bits per heavy atom. The van der Waals surface area contributed by atoms with Crippen LogP contribution in [0.5, 0.6) is 0 Å². The van der Waals surface area contributed by atoms with Crippen LogP contribution in [0.4, 0.5) is 0 Å². The van der Waals surface area contributed by atoms with Gasteiger partial charge in [0.05, 0.1) is 11.2 Å². The van der Waals surface area contributed by atoms with E-state index in [1.165, 1.54) is 76.7 Å². The molecule has 0 unspecified atom stereocenters. The van der Waals surface area contributed by atoms with Crippen LogP contribution in [0.1, 0.15) is 0 Å². The molecule has 2 nitrogen and oxygen atoms in total. The number of para-hydroxylation sites is 3. The fraction of sp³-hybridized carbons (Fsp3) is 0. The molecule has 242 valence electrons. The maximum absolute atomic E-state index is 6.21. The summed E-state index contributed by atoms with van der Waals surface area (Å²) in [6.45, 7) is 0. The number of hydrogen-bond donors (Lipinski definition) is 0. The Bertz CT molecular complexity index is 3040. The molecule has 0 fully saturated rings. The maximum atomic E-state index is 6.21. The van der Waals surface area contributed by atoms with Crippen molar-refractivity contribution < 1.29 is 4.42 Å². The molecule has 9 aromatic carbocycles. The van der Waals surface area contributed by atoms with Crippen LogP contribution in [0.25, 0.3) is 105 Å². The Morgan fingerprint density at radius 3 is 1.63 bits per heavy atom. The van der Waals surface area contributed by atoms with Crippen LogP contribution in [0.2, 0.25) is 0 Å². The van der Waals surface area contributed by atoms with E-state index in [1.807, 2.05) is 18.2 Å².